The minimum absolute atomic E-state index is 0.0133. The monoisotopic (exact) mass is 248 g/mol. The van der Waals surface area contributed by atoms with Crippen LogP contribution in [0.15, 0.2) is 12.1 Å². The third kappa shape index (κ3) is 3.87. The molecule has 4 heteroatoms. The first-order valence-electron chi connectivity index (χ1n) is 6.08. The first-order chi connectivity index (χ1) is 8.43. The van der Waals surface area contributed by atoms with E-state index in [2.05, 4.69) is 10.6 Å². The Hall–Kier alpha value is -1.84. The van der Waals surface area contributed by atoms with Gasteiger partial charge >= 0.3 is 0 Å². The molecule has 2 amide bonds. The first-order valence-corrected chi connectivity index (χ1v) is 6.08. The number of carbonyl (C=O) groups is 2. The van der Waals surface area contributed by atoms with Crippen LogP contribution >= 0.6 is 0 Å². The Kier molecular flexibility index (Phi) is 4.89. The van der Waals surface area contributed by atoms with Crippen LogP contribution < -0.4 is 10.6 Å². The van der Waals surface area contributed by atoms with Crippen LogP contribution in [0.2, 0.25) is 0 Å². The van der Waals surface area contributed by atoms with Gasteiger partial charge in [0.25, 0.3) is 0 Å². The number of aryl methyl sites for hydroxylation is 3. The van der Waals surface area contributed by atoms with Crippen LogP contribution in [-0.4, -0.2) is 18.4 Å². The molecule has 1 aromatic carbocycles. The number of carbonyl (C=O) groups excluding carboxylic acids is 2. The molecule has 2 N–H and O–H groups in total. The maximum atomic E-state index is 11.7. The Labute approximate surface area is 108 Å². The van der Waals surface area contributed by atoms with Crippen LogP contribution in [-0.2, 0) is 9.59 Å². The summed E-state index contributed by atoms with van der Waals surface area (Å²) in [5.41, 5.74) is 4.06. The van der Waals surface area contributed by atoms with Gasteiger partial charge in [0.2, 0.25) is 11.8 Å². The molecule has 0 radical (unpaired) electrons. The summed E-state index contributed by atoms with van der Waals surface area (Å²) in [5.74, 6) is -0.325. The molecule has 98 valence electrons. The maximum Gasteiger partial charge on any atom is 0.243 e. The predicted molar refractivity (Wildman–Crippen MR) is 72.6 cm³/mol. The van der Waals surface area contributed by atoms with Gasteiger partial charge in [-0.3, -0.25) is 9.59 Å². The molecule has 0 bridgehead atoms. The van der Waals surface area contributed by atoms with Crippen molar-refractivity contribution in [2.45, 2.75) is 34.1 Å². The highest BCUT2D eigenvalue weighted by molar-refractivity contribution is 5.95. The minimum atomic E-state index is -0.202. The molecule has 0 unspecified atom stereocenters. The van der Waals surface area contributed by atoms with Crippen molar-refractivity contribution in [1.29, 1.82) is 0 Å². The fraction of sp³-hybridized carbons (Fsp3) is 0.429. The molecule has 1 aromatic rings. The standard InChI is InChI=1S/C14H20N2O2/c1-5-12(17)15-8-13(18)16-14-10(3)6-9(2)7-11(14)4/h6-7H,5,8H2,1-4H3,(H,15,17)(H,16,18). The summed E-state index contributed by atoms with van der Waals surface area (Å²) in [7, 11) is 0. The lowest BCUT2D eigenvalue weighted by atomic mass is 10.1. The van der Waals surface area contributed by atoms with E-state index in [-0.39, 0.29) is 18.4 Å². The summed E-state index contributed by atoms with van der Waals surface area (Å²) in [6.07, 6.45) is 0.385. The van der Waals surface area contributed by atoms with Gasteiger partial charge in [0, 0.05) is 12.1 Å². The van der Waals surface area contributed by atoms with E-state index < -0.39 is 0 Å². The lowest BCUT2D eigenvalue weighted by Gasteiger charge is -2.13. The molecule has 0 spiro atoms. The Balaban J connectivity index is 2.68. The highest BCUT2D eigenvalue weighted by Gasteiger charge is 2.08. The molecule has 0 fully saturated rings. The zero-order valence-corrected chi connectivity index (χ0v) is 11.4. The third-order valence-electron chi connectivity index (χ3n) is 2.71. The lowest BCUT2D eigenvalue weighted by molar-refractivity contribution is -0.123. The van der Waals surface area contributed by atoms with Crippen molar-refractivity contribution in [2.24, 2.45) is 0 Å². The Bertz CT molecular complexity index is 444. The number of nitrogens with one attached hydrogen (secondary N) is 2. The average molecular weight is 248 g/mol. The van der Waals surface area contributed by atoms with E-state index >= 15 is 0 Å². The lowest BCUT2D eigenvalue weighted by Crippen LogP contribution is -2.32. The predicted octanol–water partition coefficient (Wildman–Crippen LogP) is 2.08. The number of rotatable bonds is 4. The zero-order chi connectivity index (χ0) is 13.7. The molecular weight excluding hydrogens is 228 g/mol. The fourth-order valence-corrected chi connectivity index (χ4v) is 1.86. The van der Waals surface area contributed by atoms with E-state index in [1.807, 2.05) is 32.9 Å². The van der Waals surface area contributed by atoms with Gasteiger partial charge in [0.05, 0.1) is 6.54 Å². The SMILES string of the molecule is CCC(=O)NCC(=O)Nc1c(C)cc(C)cc1C. The number of amides is 2. The molecule has 18 heavy (non-hydrogen) atoms. The van der Waals surface area contributed by atoms with Crippen LogP contribution in [0.4, 0.5) is 5.69 Å². The molecule has 0 saturated carbocycles. The summed E-state index contributed by atoms with van der Waals surface area (Å²) in [5, 5.41) is 5.38. The van der Waals surface area contributed by atoms with Gasteiger partial charge < -0.3 is 10.6 Å². The molecule has 0 aromatic heterocycles. The second kappa shape index (κ2) is 6.19. The summed E-state index contributed by atoms with van der Waals surface area (Å²) < 4.78 is 0. The Morgan fingerprint density at radius 2 is 1.61 bits per heavy atom. The smallest absolute Gasteiger partial charge is 0.243 e. The third-order valence-corrected chi connectivity index (χ3v) is 2.71. The molecular formula is C14H20N2O2. The van der Waals surface area contributed by atoms with Gasteiger partial charge in [-0.2, -0.15) is 0 Å². The Morgan fingerprint density at radius 3 is 2.11 bits per heavy atom. The fourth-order valence-electron chi connectivity index (χ4n) is 1.86. The van der Waals surface area contributed by atoms with Crippen LogP contribution in [0.5, 0.6) is 0 Å². The first kappa shape index (κ1) is 14.2. The summed E-state index contributed by atoms with van der Waals surface area (Å²) in [4.78, 5) is 22.8. The molecule has 0 saturated heterocycles. The summed E-state index contributed by atoms with van der Waals surface area (Å²) in [6, 6.07) is 4.04. The molecule has 0 atom stereocenters. The highest BCUT2D eigenvalue weighted by Crippen LogP contribution is 2.21. The molecule has 4 nitrogen and oxygen atoms in total. The number of hydrogen-bond donors (Lipinski definition) is 2. The van der Waals surface area contributed by atoms with Crippen molar-refractivity contribution in [1.82, 2.24) is 5.32 Å². The Morgan fingerprint density at radius 1 is 1.06 bits per heavy atom. The van der Waals surface area contributed by atoms with Crippen molar-refractivity contribution in [3.8, 4) is 0 Å². The van der Waals surface area contributed by atoms with Crippen molar-refractivity contribution in [3.05, 3.63) is 28.8 Å². The number of hydrogen-bond acceptors (Lipinski definition) is 2. The summed E-state index contributed by atoms with van der Waals surface area (Å²) in [6.45, 7) is 7.70. The molecule has 0 aliphatic rings. The zero-order valence-electron chi connectivity index (χ0n) is 11.4. The topological polar surface area (TPSA) is 58.2 Å². The molecule has 0 aliphatic heterocycles. The quantitative estimate of drug-likeness (QED) is 0.857. The summed E-state index contributed by atoms with van der Waals surface area (Å²) >= 11 is 0. The van der Waals surface area contributed by atoms with Gasteiger partial charge in [0.15, 0.2) is 0 Å². The van der Waals surface area contributed by atoms with Crippen molar-refractivity contribution < 1.29 is 9.59 Å². The van der Waals surface area contributed by atoms with Crippen LogP contribution in [0.25, 0.3) is 0 Å². The van der Waals surface area contributed by atoms with Crippen molar-refractivity contribution in [2.75, 3.05) is 11.9 Å². The van der Waals surface area contributed by atoms with Gasteiger partial charge in [-0.15, -0.1) is 0 Å². The molecule has 0 heterocycles. The van der Waals surface area contributed by atoms with Gasteiger partial charge in [-0.25, -0.2) is 0 Å². The number of anilines is 1. The van der Waals surface area contributed by atoms with Gasteiger partial charge in [-0.05, 0) is 31.9 Å². The van der Waals surface area contributed by atoms with E-state index in [1.165, 1.54) is 5.56 Å². The van der Waals surface area contributed by atoms with Gasteiger partial charge in [-0.1, -0.05) is 24.6 Å². The highest BCUT2D eigenvalue weighted by atomic mass is 16.2. The second-order valence-electron chi connectivity index (χ2n) is 4.45. The van der Waals surface area contributed by atoms with Crippen molar-refractivity contribution in [3.63, 3.8) is 0 Å². The van der Waals surface area contributed by atoms with E-state index in [1.54, 1.807) is 6.92 Å². The maximum absolute atomic E-state index is 11.7. The van der Waals surface area contributed by atoms with E-state index in [4.69, 9.17) is 0 Å². The normalized spacial score (nSPS) is 10.0. The largest absolute Gasteiger partial charge is 0.347 e. The molecule has 0 aliphatic carbocycles. The van der Waals surface area contributed by atoms with E-state index in [0.717, 1.165) is 16.8 Å². The van der Waals surface area contributed by atoms with Crippen LogP contribution in [0.1, 0.15) is 30.0 Å². The van der Waals surface area contributed by atoms with E-state index in [0.29, 0.717) is 6.42 Å². The van der Waals surface area contributed by atoms with Crippen molar-refractivity contribution >= 4 is 17.5 Å². The van der Waals surface area contributed by atoms with E-state index in [9.17, 15) is 9.59 Å². The molecule has 1 rings (SSSR count). The van der Waals surface area contributed by atoms with Crippen LogP contribution in [0.3, 0.4) is 0 Å². The minimum Gasteiger partial charge on any atom is -0.347 e. The van der Waals surface area contributed by atoms with Crippen LogP contribution in [0, 0.1) is 20.8 Å². The average Bonchev–Trinajstić information content (AvgIpc) is 2.30. The van der Waals surface area contributed by atoms with Gasteiger partial charge in [0.1, 0.15) is 0 Å². The second-order valence-corrected chi connectivity index (χ2v) is 4.45. The number of benzene rings is 1.